The molecule has 1 rings (SSSR count). The number of carbonyl (C=O) groups excluding carboxylic acids is 1. The maximum absolute atomic E-state index is 12.0. The Hall–Kier alpha value is -0.890. The molecule has 1 amide bonds. The summed E-state index contributed by atoms with van der Waals surface area (Å²) < 4.78 is 40.2. The first kappa shape index (κ1) is 18.2. The molecule has 0 bridgehead atoms. The zero-order chi connectivity index (χ0) is 16.1. The van der Waals surface area contributed by atoms with E-state index >= 15 is 0 Å². The topological polar surface area (TPSA) is 64.3 Å². The van der Waals surface area contributed by atoms with Crippen molar-refractivity contribution in [1.29, 1.82) is 0 Å². The Labute approximate surface area is 127 Å². The second-order valence-corrected chi connectivity index (χ2v) is 5.89. The van der Waals surface area contributed by atoms with E-state index in [-0.39, 0.29) is 4.99 Å². The highest BCUT2D eigenvalue weighted by molar-refractivity contribution is 7.80. The molecule has 122 valence electrons. The summed E-state index contributed by atoms with van der Waals surface area (Å²) in [7, 11) is 0. The predicted octanol–water partition coefficient (Wildman–Crippen LogP) is 2.31. The molecule has 0 atom stereocenters. The second-order valence-electron chi connectivity index (χ2n) is 5.45. The Morgan fingerprint density at radius 1 is 1.43 bits per heavy atom. The summed E-state index contributed by atoms with van der Waals surface area (Å²) in [6, 6.07) is 0. The number of thiocarbonyl (C=S) groups is 1. The zero-order valence-corrected chi connectivity index (χ0v) is 12.8. The van der Waals surface area contributed by atoms with Gasteiger partial charge in [-0.1, -0.05) is 25.6 Å². The molecule has 0 saturated heterocycles. The summed E-state index contributed by atoms with van der Waals surface area (Å²) in [5.74, 6) is -0.0483. The van der Waals surface area contributed by atoms with Crippen LogP contribution in [0.4, 0.5) is 13.2 Å². The van der Waals surface area contributed by atoms with Crippen LogP contribution in [0.1, 0.15) is 39.0 Å². The molecular weight excluding hydrogens is 305 g/mol. The lowest BCUT2D eigenvalue weighted by molar-refractivity contribution is -0.175. The molecule has 1 fully saturated rings. The van der Waals surface area contributed by atoms with Crippen LogP contribution < -0.4 is 11.1 Å². The van der Waals surface area contributed by atoms with Gasteiger partial charge in [-0.25, -0.2) is 0 Å². The Kier molecular flexibility index (Phi) is 6.40. The van der Waals surface area contributed by atoms with E-state index in [0.29, 0.717) is 18.8 Å². The van der Waals surface area contributed by atoms with E-state index in [1.165, 1.54) is 0 Å². The van der Waals surface area contributed by atoms with Gasteiger partial charge in [-0.05, 0) is 31.6 Å². The summed E-state index contributed by atoms with van der Waals surface area (Å²) >= 11 is 5.03. The highest BCUT2D eigenvalue weighted by Gasteiger charge is 2.39. The predicted molar refractivity (Wildman–Crippen MR) is 76.8 cm³/mol. The third-order valence-corrected chi connectivity index (χ3v) is 4.28. The van der Waals surface area contributed by atoms with E-state index in [0.717, 1.165) is 19.3 Å². The fraction of sp³-hybridized carbons (Fsp3) is 0.846. The van der Waals surface area contributed by atoms with Gasteiger partial charge >= 0.3 is 6.18 Å². The van der Waals surface area contributed by atoms with Crippen LogP contribution in [-0.2, 0) is 9.53 Å². The molecule has 0 aromatic rings. The van der Waals surface area contributed by atoms with E-state index in [1.54, 1.807) is 0 Å². The maximum atomic E-state index is 12.0. The van der Waals surface area contributed by atoms with Crippen molar-refractivity contribution in [1.82, 2.24) is 5.32 Å². The van der Waals surface area contributed by atoms with Gasteiger partial charge in [-0.3, -0.25) is 4.79 Å². The average Bonchev–Trinajstić information content (AvgIpc) is 2.37. The van der Waals surface area contributed by atoms with Gasteiger partial charge in [-0.2, -0.15) is 13.2 Å². The largest absolute Gasteiger partial charge is 0.411 e. The molecule has 1 saturated carbocycles. The quantitative estimate of drug-likeness (QED) is 0.735. The van der Waals surface area contributed by atoms with E-state index in [1.807, 2.05) is 0 Å². The minimum atomic E-state index is -4.44. The van der Waals surface area contributed by atoms with Crippen LogP contribution in [0, 0.1) is 5.92 Å². The maximum Gasteiger partial charge on any atom is 0.411 e. The minimum absolute atomic E-state index is 0.182. The Balaban J connectivity index is 2.51. The van der Waals surface area contributed by atoms with Crippen molar-refractivity contribution >= 4 is 23.1 Å². The van der Waals surface area contributed by atoms with E-state index < -0.39 is 30.8 Å². The number of hydrogen-bond acceptors (Lipinski definition) is 3. The lowest BCUT2D eigenvalue weighted by atomic mass is 9.75. The van der Waals surface area contributed by atoms with Gasteiger partial charge in [0.05, 0.1) is 10.5 Å². The summed E-state index contributed by atoms with van der Waals surface area (Å²) in [4.78, 5) is 11.9. The Bertz CT molecular complexity index is 380. The molecule has 8 heteroatoms. The van der Waals surface area contributed by atoms with Crippen LogP contribution in [0.15, 0.2) is 0 Å². The lowest BCUT2D eigenvalue weighted by Gasteiger charge is -2.40. The first-order chi connectivity index (χ1) is 9.68. The van der Waals surface area contributed by atoms with Crippen LogP contribution in [-0.4, -0.2) is 35.8 Å². The third-order valence-electron chi connectivity index (χ3n) is 3.89. The van der Waals surface area contributed by atoms with Gasteiger partial charge < -0.3 is 15.8 Å². The molecule has 1 aliphatic rings. The van der Waals surface area contributed by atoms with Gasteiger partial charge in [0.25, 0.3) is 0 Å². The molecule has 0 unspecified atom stereocenters. The van der Waals surface area contributed by atoms with Crippen molar-refractivity contribution in [2.45, 2.75) is 50.7 Å². The lowest BCUT2D eigenvalue weighted by Crippen LogP contribution is -2.59. The number of ether oxygens (including phenoxy) is 1. The minimum Gasteiger partial charge on any atom is -0.391 e. The van der Waals surface area contributed by atoms with Crippen molar-refractivity contribution in [2.24, 2.45) is 11.7 Å². The summed E-state index contributed by atoms with van der Waals surface area (Å²) in [6.45, 7) is 0.00146. The number of amides is 1. The van der Waals surface area contributed by atoms with Gasteiger partial charge in [0.1, 0.15) is 13.2 Å². The first-order valence-corrected chi connectivity index (χ1v) is 7.35. The van der Waals surface area contributed by atoms with Crippen LogP contribution in [0.25, 0.3) is 0 Å². The molecule has 0 radical (unpaired) electrons. The summed E-state index contributed by atoms with van der Waals surface area (Å²) in [6.07, 6.45) is -0.386. The van der Waals surface area contributed by atoms with Crippen molar-refractivity contribution < 1.29 is 22.7 Å². The van der Waals surface area contributed by atoms with Crippen molar-refractivity contribution in [3.63, 3.8) is 0 Å². The monoisotopic (exact) mass is 326 g/mol. The molecule has 0 spiro atoms. The Morgan fingerprint density at radius 3 is 2.43 bits per heavy atom. The summed E-state index contributed by atoms with van der Waals surface area (Å²) in [5.41, 5.74) is 4.94. The average molecular weight is 326 g/mol. The molecule has 0 aromatic heterocycles. The van der Waals surface area contributed by atoms with Gasteiger partial charge in [0.2, 0.25) is 5.91 Å². The van der Waals surface area contributed by atoms with E-state index in [4.69, 9.17) is 18.0 Å². The number of rotatable bonds is 6. The molecule has 1 aliphatic carbocycles. The fourth-order valence-electron chi connectivity index (χ4n) is 2.57. The number of hydrogen-bond donors (Lipinski definition) is 2. The van der Waals surface area contributed by atoms with Crippen molar-refractivity contribution in [2.75, 3.05) is 13.2 Å². The first-order valence-electron chi connectivity index (χ1n) is 6.94. The number of nitrogens with one attached hydrogen (secondary N) is 1. The van der Waals surface area contributed by atoms with Crippen LogP contribution >= 0.6 is 12.2 Å². The standard InChI is InChI=1S/C13H21F3N2O2S/c1-2-9-3-5-12(6-4-9,11(17)21)18-10(19)7-20-8-13(14,15)16/h9H,2-8H2,1H3,(H2,17,21)(H,18,19). The third kappa shape index (κ3) is 5.78. The van der Waals surface area contributed by atoms with Gasteiger partial charge in [-0.15, -0.1) is 0 Å². The highest BCUT2D eigenvalue weighted by atomic mass is 32.1. The molecule has 0 aliphatic heterocycles. The smallest absolute Gasteiger partial charge is 0.391 e. The van der Waals surface area contributed by atoms with Crippen molar-refractivity contribution in [3.05, 3.63) is 0 Å². The number of carbonyl (C=O) groups is 1. The molecule has 21 heavy (non-hydrogen) atoms. The second kappa shape index (κ2) is 7.40. The van der Waals surface area contributed by atoms with E-state index in [2.05, 4.69) is 17.0 Å². The number of halogens is 3. The molecule has 0 heterocycles. The molecule has 3 N–H and O–H groups in total. The van der Waals surface area contributed by atoms with Gasteiger partial charge in [0.15, 0.2) is 0 Å². The van der Waals surface area contributed by atoms with Crippen LogP contribution in [0.5, 0.6) is 0 Å². The normalized spacial score (nSPS) is 26.4. The summed E-state index contributed by atoms with van der Waals surface area (Å²) in [5, 5.41) is 2.67. The van der Waals surface area contributed by atoms with Gasteiger partial charge in [0, 0.05) is 0 Å². The molecular formula is C13H21F3N2O2S. The highest BCUT2D eigenvalue weighted by Crippen LogP contribution is 2.34. The van der Waals surface area contributed by atoms with Crippen LogP contribution in [0.3, 0.4) is 0 Å². The Morgan fingerprint density at radius 2 is 2.00 bits per heavy atom. The molecule has 4 nitrogen and oxygen atoms in total. The van der Waals surface area contributed by atoms with Crippen LogP contribution in [0.2, 0.25) is 0 Å². The zero-order valence-electron chi connectivity index (χ0n) is 12.0. The number of nitrogens with two attached hydrogens (primary N) is 1. The molecule has 0 aromatic carbocycles. The van der Waals surface area contributed by atoms with E-state index in [9.17, 15) is 18.0 Å². The van der Waals surface area contributed by atoms with Crippen molar-refractivity contribution in [3.8, 4) is 0 Å². The number of alkyl halides is 3. The SMILES string of the molecule is CCC1CCC(NC(=O)COCC(F)(F)F)(C(N)=S)CC1. The fourth-order valence-corrected chi connectivity index (χ4v) is 2.83.